The number of rotatable bonds is 4. The molecule has 0 aromatic heterocycles. The lowest BCUT2D eigenvalue weighted by atomic mass is 9.94. The summed E-state index contributed by atoms with van der Waals surface area (Å²) in [5.41, 5.74) is -0.694. The molecule has 6 nitrogen and oxygen atoms in total. The Hall–Kier alpha value is -1.30. The molecular weight excluding hydrogens is 248 g/mol. The molecule has 0 aromatic rings. The number of aliphatic hydroxyl groups is 1. The molecule has 1 fully saturated rings. The lowest BCUT2D eigenvalue weighted by molar-refractivity contribution is -0.137. The lowest BCUT2D eigenvalue weighted by Crippen LogP contribution is -2.52. The highest BCUT2D eigenvalue weighted by Gasteiger charge is 2.32. The van der Waals surface area contributed by atoms with Gasteiger partial charge >= 0.3 is 12.0 Å². The van der Waals surface area contributed by atoms with Crippen molar-refractivity contribution in [1.82, 2.24) is 9.80 Å². The van der Waals surface area contributed by atoms with Crippen molar-refractivity contribution >= 4 is 12.0 Å². The van der Waals surface area contributed by atoms with Crippen LogP contribution in [0, 0.1) is 0 Å². The molecule has 0 spiro atoms. The summed E-state index contributed by atoms with van der Waals surface area (Å²) in [6.45, 7) is 6.78. The fraction of sp³-hybridized carbons (Fsp3) is 0.846. The van der Waals surface area contributed by atoms with Crippen LogP contribution in [-0.2, 0) is 4.79 Å². The van der Waals surface area contributed by atoms with E-state index in [1.807, 2.05) is 13.8 Å². The third-order valence-corrected chi connectivity index (χ3v) is 3.55. The van der Waals surface area contributed by atoms with Crippen LogP contribution < -0.4 is 0 Å². The van der Waals surface area contributed by atoms with Crippen molar-refractivity contribution in [3.8, 4) is 0 Å². The van der Waals surface area contributed by atoms with Gasteiger partial charge in [-0.25, -0.2) is 4.79 Å². The number of carboxylic acids is 1. The van der Waals surface area contributed by atoms with Gasteiger partial charge in [0.15, 0.2) is 0 Å². The van der Waals surface area contributed by atoms with Gasteiger partial charge in [-0.3, -0.25) is 4.79 Å². The molecule has 0 bridgehead atoms. The minimum Gasteiger partial charge on any atom is -0.481 e. The second-order valence-electron chi connectivity index (χ2n) is 5.70. The Bertz CT molecular complexity index is 332. The smallest absolute Gasteiger partial charge is 0.320 e. The van der Waals surface area contributed by atoms with Crippen LogP contribution in [0.15, 0.2) is 0 Å². The first-order valence-electron chi connectivity index (χ1n) is 6.72. The third-order valence-electron chi connectivity index (χ3n) is 3.55. The van der Waals surface area contributed by atoms with Crippen LogP contribution >= 0.6 is 0 Å². The zero-order valence-corrected chi connectivity index (χ0v) is 11.9. The van der Waals surface area contributed by atoms with E-state index >= 15 is 0 Å². The van der Waals surface area contributed by atoms with E-state index in [1.54, 1.807) is 16.7 Å². The van der Waals surface area contributed by atoms with E-state index in [4.69, 9.17) is 5.11 Å². The predicted molar refractivity (Wildman–Crippen MR) is 70.9 cm³/mol. The molecule has 0 radical (unpaired) electrons. The molecule has 0 aliphatic carbocycles. The molecule has 0 atom stereocenters. The second-order valence-corrected chi connectivity index (χ2v) is 5.70. The number of likely N-dealkylation sites (tertiary alicyclic amines) is 1. The van der Waals surface area contributed by atoms with Crippen LogP contribution in [0.5, 0.6) is 0 Å². The van der Waals surface area contributed by atoms with Gasteiger partial charge in [0.25, 0.3) is 0 Å². The van der Waals surface area contributed by atoms with Crippen molar-refractivity contribution in [3.63, 3.8) is 0 Å². The van der Waals surface area contributed by atoms with E-state index in [-0.39, 0.29) is 25.0 Å². The topological polar surface area (TPSA) is 81.1 Å². The molecule has 0 unspecified atom stereocenters. The first-order chi connectivity index (χ1) is 8.73. The summed E-state index contributed by atoms with van der Waals surface area (Å²) in [4.78, 5) is 26.2. The van der Waals surface area contributed by atoms with Crippen molar-refractivity contribution in [2.45, 2.75) is 51.7 Å². The molecule has 1 aliphatic rings. The Labute approximate surface area is 114 Å². The van der Waals surface area contributed by atoms with Crippen molar-refractivity contribution in [1.29, 1.82) is 0 Å². The molecule has 6 heteroatoms. The van der Waals surface area contributed by atoms with Crippen LogP contribution in [0.3, 0.4) is 0 Å². The number of carbonyl (C=O) groups is 2. The third kappa shape index (κ3) is 4.70. The quantitative estimate of drug-likeness (QED) is 0.804. The number of aliphatic carboxylic acids is 1. The average Bonchev–Trinajstić information content (AvgIpc) is 2.27. The van der Waals surface area contributed by atoms with E-state index in [1.165, 1.54) is 0 Å². The van der Waals surface area contributed by atoms with E-state index in [2.05, 4.69) is 0 Å². The maximum absolute atomic E-state index is 12.3. The summed E-state index contributed by atoms with van der Waals surface area (Å²) >= 11 is 0. The van der Waals surface area contributed by atoms with E-state index in [0.717, 1.165) is 0 Å². The summed E-state index contributed by atoms with van der Waals surface area (Å²) < 4.78 is 0. The van der Waals surface area contributed by atoms with Crippen molar-refractivity contribution in [3.05, 3.63) is 0 Å². The molecular formula is C13H24N2O4. The van der Waals surface area contributed by atoms with Gasteiger partial charge in [0.2, 0.25) is 0 Å². The second kappa shape index (κ2) is 6.23. The summed E-state index contributed by atoms with van der Waals surface area (Å²) in [6.07, 6.45) is 1.07. The molecule has 110 valence electrons. The first kappa shape index (κ1) is 15.8. The number of amides is 2. The zero-order valence-electron chi connectivity index (χ0n) is 11.9. The number of hydrogen-bond donors (Lipinski definition) is 2. The van der Waals surface area contributed by atoms with Gasteiger partial charge in [0, 0.05) is 25.7 Å². The Morgan fingerprint density at radius 3 is 2.26 bits per heavy atom. The largest absolute Gasteiger partial charge is 0.481 e. The first-order valence-corrected chi connectivity index (χ1v) is 6.72. The molecule has 0 aromatic carbocycles. The van der Waals surface area contributed by atoms with Crippen LogP contribution in [0.25, 0.3) is 0 Å². The number of hydrogen-bond acceptors (Lipinski definition) is 3. The number of carbonyl (C=O) groups excluding carboxylic acids is 1. The van der Waals surface area contributed by atoms with Crippen LogP contribution in [0.2, 0.25) is 0 Å². The molecule has 2 amide bonds. The highest BCUT2D eigenvalue weighted by molar-refractivity contribution is 5.76. The molecule has 1 heterocycles. The normalized spacial score (nSPS) is 18.5. The monoisotopic (exact) mass is 272 g/mol. The van der Waals surface area contributed by atoms with Gasteiger partial charge in [-0.15, -0.1) is 0 Å². The number of urea groups is 1. The van der Waals surface area contributed by atoms with Gasteiger partial charge in [-0.2, -0.15) is 0 Å². The SMILES string of the molecule is CC(C)N(CCC(=O)O)C(=O)N1CCC(C)(O)CC1. The fourth-order valence-electron chi connectivity index (χ4n) is 2.15. The molecule has 2 N–H and O–H groups in total. The minimum absolute atomic E-state index is 0.0331. The minimum atomic E-state index is -0.903. The molecule has 1 rings (SSSR count). The number of piperidine rings is 1. The summed E-state index contributed by atoms with van der Waals surface area (Å²) in [7, 11) is 0. The maximum atomic E-state index is 12.3. The van der Waals surface area contributed by atoms with Crippen molar-refractivity contribution in [2.75, 3.05) is 19.6 Å². The van der Waals surface area contributed by atoms with Gasteiger partial charge in [-0.1, -0.05) is 0 Å². The summed E-state index contributed by atoms with van der Waals surface area (Å²) in [5, 5.41) is 18.6. The standard InChI is InChI=1S/C13H24N2O4/c1-10(2)15(7-4-11(16)17)12(18)14-8-5-13(3,19)6-9-14/h10,19H,4-9H2,1-3H3,(H,16,17). The Kier molecular flexibility index (Phi) is 5.17. The average molecular weight is 272 g/mol. The molecule has 1 aliphatic heterocycles. The summed E-state index contributed by atoms with van der Waals surface area (Å²) in [5.74, 6) is -0.903. The number of carboxylic acid groups (broad SMARTS) is 1. The van der Waals surface area contributed by atoms with E-state index in [0.29, 0.717) is 25.9 Å². The van der Waals surface area contributed by atoms with E-state index in [9.17, 15) is 14.7 Å². The molecule has 0 saturated carbocycles. The zero-order chi connectivity index (χ0) is 14.6. The van der Waals surface area contributed by atoms with Crippen LogP contribution in [0.4, 0.5) is 4.79 Å². The van der Waals surface area contributed by atoms with Gasteiger partial charge < -0.3 is 20.0 Å². The van der Waals surface area contributed by atoms with Crippen molar-refractivity contribution in [2.24, 2.45) is 0 Å². The van der Waals surface area contributed by atoms with E-state index < -0.39 is 11.6 Å². The fourth-order valence-corrected chi connectivity index (χ4v) is 2.15. The summed E-state index contributed by atoms with van der Waals surface area (Å²) in [6, 6.07) is -0.166. The van der Waals surface area contributed by atoms with Crippen LogP contribution in [-0.4, -0.2) is 63.3 Å². The van der Waals surface area contributed by atoms with Crippen molar-refractivity contribution < 1.29 is 19.8 Å². The maximum Gasteiger partial charge on any atom is 0.320 e. The molecule has 1 saturated heterocycles. The number of nitrogens with zero attached hydrogens (tertiary/aromatic N) is 2. The Morgan fingerprint density at radius 1 is 1.32 bits per heavy atom. The molecule has 19 heavy (non-hydrogen) atoms. The van der Waals surface area contributed by atoms with Crippen LogP contribution in [0.1, 0.15) is 40.0 Å². The highest BCUT2D eigenvalue weighted by atomic mass is 16.4. The lowest BCUT2D eigenvalue weighted by Gasteiger charge is -2.39. The van der Waals surface area contributed by atoms with Gasteiger partial charge in [0.1, 0.15) is 0 Å². The predicted octanol–water partition coefficient (Wildman–Crippen LogP) is 1.14. The Morgan fingerprint density at radius 2 is 1.84 bits per heavy atom. The van der Waals surface area contributed by atoms with Gasteiger partial charge in [0.05, 0.1) is 12.0 Å². The van der Waals surface area contributed by atoms with Gasteiger partial charge in [-0.05, 0) is 33.6 Å². The Balaban J connectivity index is 2.59. The highest BCUT2D eigenvalue weighted by Crippen LogP contribution is 2.22.